The number of rotatable bonds is 4. The zero-order chi connectivity index (χ0) is 10.6. The highest BCUT2D eigenvalue weighted by Crippen LogP contribution is 1.99. The van der Waals surface area contributed by atoms with Crippen LogP contribution in [0.2, 0.25) is 0 Å². The van der Waals surface area contributed by atoms with E-state index in [2.05, 4.69) is 15.3 Å². The van der Waals surface area contributed by atoms with Crippen molar-refractivity contribution in [1.82, 2.24) is 10.3 Å². The lowest BCUT2D eigenvalue weighted by molar-refractivity contribution is -0.122. The molecule has 0 unspecified atom stereocenters. The number of imide groups is 1. The van der Waals surface area contributed by atoms with E-state index < -0.39 is 18.0 Å². The summed E-state index contributed by atoms with van der Waals surface area (Å²) in [5, 5.41) is 12.5. The van der Waals surface area contributed by atoms with E-state index >= 15 is 0 Å². The summed E-state index contributed by atoms with van der Waals surface area (Å²) in [6, 6.07) is -0.771. The largest absolute Gasteiger partial charge is 0.389 e. The molecule has 0 aliphatic carbocycles. The molecular formula is C7H10N3O4. The fraction of sp³-hybridized carbons (Fsp3) is 0.571. The molecule has 0 aromatic carbocycles. The molecule has 1 N–H and O–H groups in total. The lowest BCUT2D eigenvalue weighted by Crippen LogP contribution is -2.48. The minimum Gasteiger partial charge on any atom is -0.389 e. The van der Waals surface area contributed by atoms with Gasteiger partial charge in [0.2, 0.25) is 0 Å². The Bertz CT molecular complexity index is 266. The van der Waals surface area contributed by atoms with Crippen molar-refractivity contribution in [3.05, 3.63) is 0 Å². The van der Waals surface area contributed by atoms with Gasteiger partial charge in [0.15, 0.2) is 0 Å². The summed E-state index contributed by atoms with van der Waals surface area (Å²) in [5.74, 6) is -0.583. The second-order valence-corrected chi connectivity index (χ2v) is 2.69. The van der Waals surface area contributed by atoms with Crippen LogP contribution in [0.5, 0.6) is 0 Å². The Morgan fingerprint density at radius 1 is 1.64 bits per heavy atom. The van der Waals surface area contributed by atoms with Crippen molar-refractivity contribution in [2.24, 2.45) is 5.10 Å². The SMILES string of the molecule is COC[C@H](O)CN1C(=O)C=N[N]C1=O. The van der Waals surface area contributed by atoms with Crippen LogP contribution in [0, 0.1) is 0 Å². The number of aliphatic hydroxyl groups excluding tert-OH is 1. The second kappa shape index (κ2) is 4.68. The van der Waals surface area contributed by atoms with Gasteiger partial charge in [0.1, 0.15) is 6.21 Å². The highest BCUT2D eigenvalue weighted by Gasteiger charge is 2.26. The van der Waals surface area contributed by atoms with Crippen molar-refractivity contribution in [2.75, 3.05) is 20.3 Å². The molecule has 7 heteroatoms. The molecule has 1 aliphatic rings. The maximum atomic E-state index is 11.1. The number of methoxy groups -OCH3 is 1. The van der Waals surface area contributed by atoms with Gasteiger partial charge in [-0.25, -0.2) is 4.79 Å². The Balaban J connectivity index is 2.54. The van der Waals surface area contributed by atoms with Gasteiger partial charge in [-0.15, -0.1) is 5.10 Å². The van der Waals surface area contributed by atoms with Crippen molar-refractivity contribution >= 4 is 18.2 Å². The van der Waals surface area contributed by atoms with Gasteiger partial charge in [-0.1, -0.05) is 5.43 Å². The lowest BCUT2D eigenvalue weighted by Gasteiger charge is -2.21. The number of β-amino-alcohol motifs (C(OH)–C–C–N with tert-alkyl or cyclic N) is 1. The van der Waals surface area contributed by atoms with Crippen molar-refractivity contribution in [1.29, 1.82) is 0 Å². The first-order valence-electron chi connectivity index (χ1n) is 3.91. The van der Waals surface area contributed by atoms with E-state index in [1.807, 2.05) is 0 Å². The first-order valence-corrected chi connectivity index (χ1v) is 3.91. The molecule has 7 nitrogen and oxygen atoms in total. The number of hydrogen-bond donors (Lipinski definition) is 1. The fourth-order valence-corrected chi connectivity index (χ4v) is 0.969. The summed E-state index contributed by atoms with van der Waals surface area (Å²) in [6.45, 7) is -0.0881. The zero-order valence-electron chi connectivity index (χ0n) is 7.58. The molecule has 0 spiro atoms. The summed E-state index contributed by atoms with van der Waals surface area (Å²) in [6.07, 6.45) is 0.00980. The molecule has 0 aromatic heterocycles. The predicted molar refractivity (Wildman–Crippen MR) is 45.6 cm³/mol. The molecule has 0 saturated carbocycles. The first-order chi connectivity index (χ1) is 6.65. The molecule has 0 bridgehead atoms. The summed E-state index contributed by atoms with van der Waals surface area (Å²) < 4.78 is 4.65. The molecule has 14 heavy (non-hydrogen) atoms. The number of carbonyl (C=O) groups is 2. The van der Waals surface area contributed by atoms with Crippen LogP contribution in [-0.2, 0) is 9.53 Å². The smallest absolute Gasteiger partial charge is 0.369 e. The Labute approximate surface area is 80.3 Å². The minimum absolute atomic E-state index is 0.0498. The highest BCUT2D eigenvalue weighted by molar-refractivity contribution is 6.30. The van der Waals surface area contributed by atoms with Crippen LogP contribution in [0.3, 0.4) is 0 Å². The van der Waals surface area contributed by atoms with Crippen LogP contribution in [-0.4, -0.2) is 54.5 Å². The molecule has 1 rings (SSSR count). The average molecular weight is 200 g/mol. The standard InChI is InChI=1S/C7H10N3O4/c1-14-4-5(11)3-10-6(12)2-8-9-7(10)13/h2,5,11H,3-4H2,1H3/t5-/m1/s1. The Hall–Kier alpha value is -1.47. The van der Waals surface area contributed by atoms with Crippen molar-refractivity contribution in [2.45, 2.75) is 6.10 Å². The number of hydrogen-bond acceptors (Lipinski definition) is 5. The molecule has 1 radical (unpaired) electrons. The number of nitrogens with zero attached hydrogens (tertiary/aromatic N) is 3. The Morgan fingerprint density at radius 3 is 2.93 bits per heavy atom. The molecule has 0 saturated heterocycles. The third kappa shape index (κ3) is 2.51. The third-order valence-electron chi connectivity index (χ3n) is 1.56. The van der Waals surface area contributed by atoms with E-state index in [4.69, 9.17) is 0 Å². The van der Waals surface area contributed by atoms with E-state index in [-0.39, 0.29) is 13.2 Å². The molecular weight excluding hydrogens is 190 g/mol. The molecule has 77 valence electrons. The molecule has 0 aromatic rings. The number of carbonyl (C=O) groups excluding carboxylic acids is 2. The number of amides is 3. The molecule has 0 fully saturated rings. The molecule has 1 aliphatic heterocycles. The first kappa shape index (κ1) is 10.6. The molecule has 1 atom stereocenters. The van der Waals surface area contributed by atoms with Crippen LogP contribution >= 0.6 is 0 Å². The van der Waals surface area contributed by atoms with Crippen LogP contribution in [0.4, 0.5) is 4.79 Å². The van der Waals surface area contributed by atoms with E-state index in [9.17, 15) is 14.7 Å². The predicted octanol–water partition coefficient (Wildman–Crippen LogP) is -1.45. The van der Waals surface area contributed by atoms with Crippen LogP contribution in [0.25, 0.3) is 0 Å². The van der Waals surface area contributed by atoms with E-state index in [0.717, 1.165) is 11.1 Å². The van der Waals surface area contributed by atoms with Crippen LogP contribution in [0.1, 0.15) is 0 Å². The summed E-state index contributed by atoms with van der Waals surface area (Å²) in [4.78, 5) is 22.9. The van der Waals surface area contributed by atoms with Gasteiger partial charge in [0, 0.05) is 7.11 Å². The third-order valence-corrected chi connectivity index (χ3v) is 1.56. The maximum absolute atomic E-state index is 11.1. The average Bonchev–Trinajstić information content (AvgIpc) is 2.12. The highest BCUT2D eigenvalue weighted by atomic mass is 16.5. The van der Waals surface area contributed by atoms with Gasteiger partial charge >= 0.3 is 6.03 Å². The summed E-state index contributed by atoms with van der Waals surface area (Å²) in [7, 11) is 1.41. The number of aliphatic hydroxyl groups is 1. The molecule has 3 amide bonds. The van der Waals surface area contributed by atoms with Crippen LogP contribution in [0.15, 0.2) is 5.10 Å². The normalized spacial score (nSPS) is 18.3. The Morgan fingerprint density at radius 2 is 2.36 bits per heavy atom. The van der Waals surface area contributed by atoms with Gasteiger partial charge in [0.25, 0.3) is 5.91 Å². The van der Waals surface area contributed by atoms with Gasteiger partial charge in [-0.2, -0.15) is 0 Å². The fourth-order valence-electron chi connectivity index (χ4n) is 0.969. The van der Waals surface area contributed by atoms with Crippen molar-refractivity contribution < 1.29 is 19.4 Å². The van der Waals surface area contributed by atoms with E-state index in [1.54, 1.807) is 0 Å². The number of urea groups is 1. The van der Waals surface area contributed by atoms with Gasteiger partial charge in [-0.05, 0) is 0 Å². The van der Waals surface area contributed by atoms with Crippen LogP contribution < -0.4 is 5.43 Å². The summed E-state index contributed by atoms with van der Waals surface area (Å²) in [5.41, 5.74) is 3.16. The zero-order valence-corrected chi connectivity index (χ0v) is 7.58. The second-order valence-electron chi connectivity index (χ2n) is 2.69. The maximum Gasteiger partial charge on any atom is 0.369 e. The monoisotopic (exact) mass is 200 g/mol. The summed E-state index contributed by atoms with van der Waals surface area (Å²) >= 11 is 0. The molecule has 1 heterocycles. The Kier molecular flexibility index (Phi) is 3.55. The van der Waals surface area contributed by atoms with Crippen molar-refractivity contribution in [3.8, 4) is 0 Å². The lowest BCUT2D eigenvalue weighted by atomic mass is 10.3. The topological polar surface area (TPSA) is 93.3 Å². The van der Waals surface area contributed by atoms with Gasteiger partial charge < -0.3 is 9.84 Å². The van der Waals surface area contributed by atoms with Gasteiger partial charge in [0.05, 0.1) is 19.3 Å². The quantitative estimate of drug-likeness (QED) is 0.600. The minimum atomic E-state index is -0.908. The van der Waals surface area contributed by atoms with E-state index in [1.165, 1.54) is 7.11 Å². The van der Waals surface area contributed by atoms with Gasteiger partial charge in [-0.3, -0.25) is 9.69 Å². The van der Waals surface area contributed by atoms with E-state index in [0.29, 0.717) is 0 Å². The number of ether oxygens (including phenoxy) is 1. The van der Waals surface area contributed by atoms with Crippen molar-refractivity contribution in [3.63, 3.8) is 0 Å².